The number of fused-ring (bicyclic) bond motifs is 2. The number of benzene rings is 3. The van der Waals surface area contributed by atoms with E-state index in [4.69, 9.17) is 18.9 Å². The van der Waals surface area contributed by atoms with E-state index in [9.17, 15) is 9.59 Å². The Morgan fingerprint density at radius 3 is 2.57 bits per heavy atom. The first-order valence-electron chi connectivity index (χ1n) is 12.0. The summed E-state index contributed by atoms with van der Waals surface area (Å²) in [6.07, 6.45) is -1.03. The van der Waals surface area contributed by atoms with Crippen molar-refractivity contribution in [1.82, 2.24) is 4.90 Å². The number of thioether (sulfide) groups is 1. The van der Waals surface area contributed by atoms with Crippen LogP contribution in [0.15, 0.2) is 71.6 Å². The normalized spacial score (nSPS) is 18.4. The maximum Gasteiger partial charge on any atom is 0.303 e. The smallest absolute Gasteiger partial charge is 0.303 e. The number of rotatable bonds is 7. The molecule has 2 atom stereocenters. The quantitative estimate of drug-likeness (QED) is 0.408. The lowest BCUT2D eigenvalue weighted by Gasteiger charge is -2.28. The van der Waals surface area contributed by atoms with Crippen LogP contribution in [0.4, 0.5) is 5.69 Å². The fourth-order valence-electron chi connectivity index (χ4n) is 4.25. The zero-order chi connectivity index (χ0) is 25.9. The van der Waals surface area contributed by atoms with Crippen molar-refractivity contribution in [1.29, 1.82) is 0 Å². The third-order valence-corrected chi connectivity index (χ3v) is 7.38. The van der Waals surface area contributed by atoms with Gasteiger partial charge < -0.3 is 28.7 Å². The fourth-order valence-corrected chi connectivity index (χ4v) is 5.59. The number of esters is 1. The second-order valence-corrected chi connectivity index (χ2v) is 10.2. The van der Waals surface area contributed by atoms with Gasteiger partial charge in [0.2, 0.25) is 6.79 Å². The predicted octanol–water partition coefficient (Wildman–Crippen LogP) is 4.88. The summed E-state index contributed by atoms with van der Waals surface area (Å²) in [7, 11) is 3.90. The van der Waals surface area contributed by atoms with Crippen LogP contribution in [-0.4, -0.2) is 56.9 Å². The molecule has 0 fully saturated rings. The van der Waals surface area contributed by atoms with Crippen molar-refractivity contribution in [3.05, 3.63) is 72.3 Å². The lowest BCUT2D eigenvalue weighted by atomic mass is 10.0. The number of anilines is 1. The average Bonchev–Trinajstić information content (AvgIpc) is 3.31. The maximum atomic E-state index is 14.0. The summed E-state index contributed by atoms with van der Waals surface area (Å²) in [6.45, 7) is 2.54. The first-order chi connectivity index (χ1) is 17.9. The fraction of sp³-hybridized carbons (Fsp3) is 0.286. The van der Waals surface area contributed by atoms with Crippen LogP contribution in [-0.2, 0) is 14.3 Å². The van der Waals surface area contributed by atoms with Gasteiger partial charge >= 0.3 is 5.97 Å². The van der Waals surface area contributed by atoms with Crippen molar-refractivity contribution >= 4 is 29.3 Å². The van der Waals surface area contributed by atoms with Crippen molar-refractivity contribution in [2.24, 2.45) is 0 Å². The molecule has 192 valence electrons. The number of carbonyl (C=O) groups is 2. The molecule has 3 aromatic rings. The molecular formula is C28H28N2O6S. The number of amides is 1. The molecule has 0 saturated heterocycles. The Morgan fingerprint density at radius 2 is 1.81 bits per heavy atom. The highest BCUT2D eigenvalue weighted by molar-refractivity contribution is 7.99. The van der Waals surface area contributed by atoms with Gasteiger partial charge in [-0.15, -0.1) is 11.8 Å². The molecule has 0 aliphatic carbocycles. The van der Waals surface area contributed by atoms with Crippen LogP contribution in [0.3, 0.4) is 0 Å². The summed E-state index contributed by atoms with van der Waals surface area (Å²) in [6, 6.07) is 20.7. The van der Waals surface area contributed by atoms with Gasteiger partial charge in [0.1, 0.15) is 11.5 Å². The summed E-state index contributed by atoms with van der Waals surface area (Å²) in [5.41, 5.74) is 1.54. The molecule has 1 amide bonds. The topological polar surface area (TPSA) is 77.5 Å². The van der Waals surface area contributed by atoms with E-state index in [1.165, 1.54) is 18.7 Å². The molecule has 0 radical (unpaired) electrons. The first kappa shape index (κ1) is 25.0. The number of hydrogen-bond acceptors (Lipinski definition) is 8. The average molecular weight is 521 g/mol. The monoisotopic (exact) mass is 520 g/mol. The Bertz CT molecular complexity index is 1300. The minimum atomic E-state index is -1.03. The van der Waals surface area contributed by atoms with Crippen molar-refractivity contribution in [2.75, 3.05) is 38.9 Å². The Morgan fingerprint density at radius 1 is 1.03 bits per heavy atom. The Balaban J connectivity index is 1.58. The van der Waals surface area contributed by atoms with E-state index in [2.05, 4.69) is 0 Å². The SMILES string of the molecule is CC(=O)O[C@@H]1C(=O)N(CCN(C)C)c2ccc(Oc3ccccc3)cc2S[C@@H]1c1ccc2c(c1)OCO2. The molecule has 8 nitrogen and oxygen atoms in total. The number of likely N-dealkylation sites (N-methyl/N-ethyl adjacent to an activating group) is 1. The summed E-state index contributed by atoms with van der Waals surface area (Å²) < 4.78 is 22.8. The number of hydrogen-bond donors (Lipinski definition) is 0. The lowest BCUT2D eigenvalue weighted by molar-refractivity contribution is -0.152. The Hall–Kier alpha value is -3.69. The summed E-state index contributed by atoms with van der Waals surface area (Å²) >= 11 is 1.46. The molecule has 0 aromatic heterocycles. The summed E-state index contributed by atoms with van der Waals surface area (Å²) in [5.74, 6) is 1.81. The Labute approximate surface area is 220 Å². The van der Waals surface area contributed by atoms with Crippen LogP contribution in [0.25, 0.3) is 0 Å². The number of carbonyl (C=O) groups excluding carboxylic acids is 2. The summed E-state index contributed by atoms with van der Waals surface area (Å²) in [4.78, 5) is 30.7. The number of nitrogens with zero attached hydrogens (tertiary/aromatic N) is 2. The minimum absolute atomic E-state index is 0.143. The van der Waals surface area contributed by atoms with Gasteiger partial charge in [0.15, 0.2) is 17.6 Å². The highest BCUT2D eigenvalue weighted by Crippen LogP contribution is 2.49. The van der Waals surface area contributed by atoms with Gasteiger partial charge in [-0.05, 0) is 62.1 Å². The van der Waals surface area contributed by atoms with Crippen molar-refractivity contribution in [2.45, 2.75) is 23.2 Å². The third kappa shape index (κ3) is 5.52. The van der Waals surface area contributed by atoms with Gasteiger partial charge in [0.25, 0.3) is 5.91 Å². The van der Waals surface area contributed by atoms with Gasteiger partial charge in [-0.3, -0.25) is 9.59 Å². The van der Waals surface area contributed by atoms with E-state index in [0.717, 1.165) is 16.1 Å². The zero-order valence-electron chi connectivity index (χ0n) is 20.9. The molecule has 37 heavy (non-hydrogen) atoms. The molecule has 0 saturated carbocycles. The maximum absolute atomic E-state index is 14.0. The summed E-state index contributed by atoms with van der Waals surface area (Å²) in [5, 5.41) is -0.513. The van der Waals surface area contributed by atoms with E-state index in [-0.39, 0.29) is 12.7 Å². The highest BCUT2D eigenvalue weighted by Gasteiger charge is 2.41. The zero-order valence-corrected chi connectivity index (χ0v) is 21.7. The number of para-hydroxylation sites is 1. The van der Waals surface area contributed by atoms with E-state index in [0.29, 0.717) is 36.1 Å². The van der Waals surface area contributed by atoms with Crippen LogP contribution in [0, 0.1) is 0 Å². The van der Waals surface area contributed by atoms with Crippen LogP contribution in [0.5, 0.6) is 23.0 Å². The van der Waals surface area contributed by atoms with Gasteiger partial charge in [-0.2, -0.15) is 0 Å². The van der Waals surface area contributed by atoms with Crippen LogP contribution >= 0.6 is 11.8 Å². The van der Waals surface area contributed by atoms with Gasteiger partial charge in [-0.1, -0.05) is 24.3 Å². The molecule has 9 heteroatoms. The second-order valence-electron chi connectivity index (χ2n) is 9.02. The molecule has 0 unspecified atom stereocenters. The van der Waals surface area contributed by atoms with Gasteiger partial charge in [0.05, 0.1) is 10.9 Å². The van der Waals surface area contributed by atoms with Crippen LogP contribution < -0.4 is 19.1 Å². The van der Waals surface area contributed by atoms with E-state index in [1.807, 2.05) is 85.7 Å². The standard InChI is InChI=1S/C28H28N2O6S/c1-18(31)35-26-27(19-9-12-23-24(15-19)34-17-33-23)37-25-16-21(36-20-7-5-4-6-8-20)10-11-22(25)30(28(26)32)14-13-29(2)3/h4-12,15-16,26-27H,13-14,17H2,1-3H3/t26-,27+/m0/s1. The lowest BCUT2D eigenvalue weighted by Crippen LogP contribution is -2.45. The molecule has 0 spiro atoms. The van der Waals surface area contributed by atoms with Crippen LogP contribution in [0.1, 0.15) is 17.7 Å². The predicted molar refractivity (Wildman–Crippen MR) is 141 cm³/mol. The van der Waals surface area contributed by atoms with E-state index < -0.39 is 17.3 Å². The highest BCUT2D eigenvalue weighted by atomic mass is 32.2. The van der Waals surface area contributed by atoms with E-state index >= 15 is 0 Å². The second kappa shape index (κ2) is 10.7. The van der Waals surface area contributed by atoms with Gasteiger partial charge in [0, 0.05) is 24.9 Å². The van der Waals surface area contributed by atoms with Crippen molar-refractivity contribution in [3.8, 4) is 23.0 Å². The minimum Gasteiger partial charge on any atom is -0.457 e. The van der Waals surface area contributed by atoms with Crippen LogP contribution in [0.2, 0.25) is 0 Å². The van der Waals surface area contributed by atoms with Crippen molar-refractivity contribution in [3.63, 3.8) is 0 Å². The number of ether oxygens (including phenoxy) is 4. The van der Waals surface area contributed by atoms with E-state index in [1.54, 1.807) is 4.90 Å². The van der Waals surface area contributed by atoms with Crippen molar-refractivity contribution < 1.29 is 28.5 Å². The molecule has 0 bridgehead atoms. The molecule has 2 heterocycles. The van der Waals surface area contributed by atoms with Gasteiger partial charge in [-0.25, -0.2) is 0 Å². The molecule has 2 aliphatic rings. The third-order valence-electron chi connectivity index (χ3n) is 6.03. The molecule has 2 aliphatic heterocycles. The first-order valence-corrected chi connectivity index (χ1v) is 12.8. The molecule has 5 rings (SSSR count). The molecule has 0 N–H and O–H groups in total. The molecule has 3 aromatic carbocycles. The molecular weight excluding hydrogens is 492 g/mol. The Kier molecular flexibility index (Phi) is 7.25. The largest absolute Gasteiger partial charge is 0.457 e.